The van der Waals surface area contributed by atoms with E-state index < -0.39 is 17.4 Å². The molecule has 1 unspecified atom stereocenters. The van der Waals surface area contributed by atoms with Crippen LogP contribution in [-0.4, -0.2) is 22.5 Å². The van der Waals surface area contributed by atoms with Crippen LogP contribution in [0.25, 0.3) is 0 Å². The molecule has 0 aliphatic carbocycles. The number of aliphatic carboxylic acids is 1. The second kappa shape index (κ2) is 4.44. The van der Waals surface area contributed by atoms with Crippen LogP contribution in [0.1, 0.15) is 48.5 Å². The molecule has 4 nitrogen and oxygen atoms in total. The van der Waals surface area contributed by atoms with Crippen LogP contribution in [0, 0.1) is 0 Å². The molecule has 1 heterocycles. The van der Waals surface area contributed by atoms with Crippen LogP contribution in [0.2, 0.25) is 0 Å². The van der Waals surface area contributed by atoms with Gasteiger partial charge < -0.3 is 10.4 Å². The summed E-state index contributed by atoms with van der Waals surface area (Å²) >= 11 is 0. The van der Waals surface area contributed by atoms with E-state index in [0.29, 0.717) is 24.0 Å². The maximum Gasteiger partial charge on any atom is 0.313 e. The van der Waals surface area contributed by atoms with Gasteiger partial charge in [0.15, 0.2) is 0 Å². The molecule has 1 aromatic carbocycles. The summed E-state index contributed by atoms with van der Waals surface area (Å²) in [6, 6.07) is 6.95. The summed E-state index contributed by atoms with van der Waals surface area (Å²) in [5.74, 6) is -1.74. The summed E-state index contributed by atoms with van der Waals surface area (Å²) in [4.78, 5) is 23.7. The first-order valence-electron chi connectivity index (χ1n) is 6.20. The second-order valence-corrected chi connectivity index (χ2v) is 4.68. The first kappa shape index (κ1) is 12.6. The molecule has 0 fully saturated rings. The number of fused-ring (bicyclic) bond motifs is 1. The smallest absolute Gasteiger partial charge is 0.313 e. The van der Waals surface area contributed by atoms with Gasteiger partial charge in [-0.25, -0.2) is 0 Å². The maximum absolute atomic E-state index is 12.1. The lowest BCUT2D eigenvalue weighted by molar-refractivity contribution is -0.141. The molecule has 96 valence electrons. The van der Waals surface area contributed by atoms with E-state index in [-0.39, 0.29) is 5.91 Å². The lowest BCUT2D eigenvalue weighted by atomic mass is 9.71. The fourth-order valence-corrected chi connectivity index (χ4v) is 2.82. The normalized spacial score (nSPS) is 21.0. The Hall–Kier alpha value is -1.84. The number of nitrogens with one attached hydrogen (secondary N) is 1. The third kappa shape index (κ3) is 1.68. The Bertz CT molecular complexity index is 492. The largest absolute Gasteiger partial charge is 0.481 e. The van der Waals surface area contributed by atoms with Crippen molar-refractivity contribution in [2.24, 2.45) is 0 Å². The molecule has 0 radical (unpaired) electrons. The zero-order chi connectivity index (χ0) is 13.3. The SMILES string of the molecule is CCC1(CC)NC(=O)c2ccccc2C1C(=O)O. The minimum absolute atomic E-state index is 0.174. The van der Waals surface area contributed by atoms with Gasteiger partial charge in [0.2, 0.25) is 0 Å². The van der Waals surface area contributed by atoms with Crippen molar-refractivity contribution < 1.29 is 14.7 Å². The number of carboxylic acids is 1. The lowest BCUT2D eigenvalue weighted by Gasteiger charge is -2.42. The van der Waals surface area contributed by atoms with Crippen molar-refractivity contribution >= 4 is 11.9 Å². The molecule has 1 aromatic rings. The van der Waals surface area contributed by atoms with Gasteiger partial charge in [-0.05, 0) is 24.5 Å². The molecular weight excluding hydrogens is 230 g/mol. The van der Waals surface area contributed by atoms with Crippen molar-refractivity contribution in [3.8, 4) is 0 Å². The lowest BCUT2D eigenvalue weighted by Crippen LogP contribution is -2.57. The van der Waals surface area contributed by atoms with Crippen molar-refractivity contribution in [2.75, 3.05) is 0 Å². The van der Waals surface area contributed by atoms with E-state index in [1.54, 1.807) is 24.3 Å². The van der Waals surface area contributed by atoms with Crippen molar-refractivity contribution in [1.82, 2.24) is 5.32 Å². The van der Waals surface area contributed by atoms with E-state index in [4.69, 9.17) is 0 Å². The predicted octanol–water partition coefficient (Wildman–Crippen LogP) is 2.16. The fraction of sp³-hybridized carbons (Fsp3) is 0.429. The number of rotatable bonds is 3. The highest BCUT2D eigenvalue weighted by Crippen LogP contribution is 2.39. The zero-order valence-electron chi connectivity index (χ0n) is 10.6. The van der Waals surface area contributed by atoms with Crippen LogP contribution < -0.4 is 5.32 Å². The van der Waals surface area contributed by atoms with Gasteiger partial charge >= 0.3 is 5.97 Å². The van der Waals surface area contributed by atoms with Crippen molar-refractivity contribution in [2.45, 2.75) is 38.1 Å². The van der Waals surface area contributed by atoms with Crippen LogP contribution in [0.3, 0.4) is 0 Å². The number of carbonyl (C=O) groups excluding carboxylic acids is 1. The number of carboxylic acid groups (broad SMARTS) is 1. The predicted molar refractivity (Wildman–Crippen MR) is 67.6 cm³/mol. The molecule has 1 aliphatic rings. The summed E-state index contributed by atoms with van der Waals surface area (Å²) < 4.78 is 0. The first-order chi connectivity index (χ1) is 8.55. The van der Waals surface area contributed by atoms with Crippen molar-refractivity contribution in [3.63, 3.8) is 0 Å². The van der Waals surface area contributed by atoms with Crippen molar-refractivity contribution in [3.05, 3.63) is 35.4 Å². The van der Waals surface area contributed by atoms with Crippen LogP contribution in [0.4, 0.5) is 0 Å². The number of hydrogen-bond donors (Lipinski definition) is 2. The Morgan fingerprint density at radius 3 is 2.50 bits per heavy atom. The van der Waals surface area contributed by atoms with Gasteiger partial charge in [0.05, 0.1) is 5.54 Å². The monoisotopic (exact) mass is 247 g/mol. The molecule has 0 saturated heterocycles. The van der Waals surface area contributed by atoms with Gasteiger partial charge in [0, 0.05) is 5.56 Å². The van der Waals surface area contributed by atoms with Crippen molar-refractivity contribution in [1.29, 1.82) is 0 Å². The molecule has 1 aliphatic heterocycles. The highest BCUT2D eigenvalue weighted by atomic mass is 16.4. The topological polar surface area (TPSA) is 66.4 Å². The van der Waals surface area contributed by atoms with Gasteiger partial charge in [-0.15, -0.1) is 0 Å². The zero-order valence-corrected chi connectivity index (χ0v) is 10.6. The molecule has 18 heavy (non-hydrogen) atoms. The third-order valence-corrected chi connectivity index (χ3v) is 3.94. The summed E-state index contributed by atoms with van der Waals surface area (Å²) in [6.07, 6.45) is 1.20. The first-order valence-corrected chi connectivity index (χ1v) is 6.20. The molecule has 0 bridgehead atoms. The molecule has 2 rings (SSSR count). The van der Waals surface area contributed by atoms with Crippen LogP contribution in [-0.2, 0) is 4.79 Å². The summed E-state index contributed by atoms with van der Waals surface area (Å²) in [5, 5.41) is 12.4. The maximum atomic E-state index is 12.1. The summed E-state index contributed by atoms with van der Waals surface area (Å²) in [7, 11) is 0. The second-order valence-electron chi connectivity index (χ2n) is 4.68. The highest BCUT2D eigenvalue weighted by Gasteiger charge is 2.47. The molecule has 2 N–H and O–H groups in total. The Morgan fingerprint density at radius 1 is 1.33 bits per heavy atom. The Labute approximate surface area is 106 Å². The number of carbonyl (C=O) groups is 2. The standard InChI is InChI=1S/C14H17NO3/c1-3-14(4-2)11(13(17)18)9-7-5-6-8-10(9)12(16)15-14/h5-8,11H,3-4H2,1-2H3,(H,15,16)(H,17,18). The number of benzene rings is 1. The molecule has 1 atom stereocenters. The molecule has 0 aromatic heterocycles. The van der Waals surface area contributed by atoms with E-state index in [9.17, 15) is 14.7 Å². The van der Waals surface area contributed by atoms with E-state index in [1.807, 2.05) is 13.8 Å². The van der Waals surface area contributed by atoms with E-state index in [0.717, 1.165) is 0 Å². The molecule has 0 spiro atoms. The molecular formula is C14H17NO3. The average Bonchev–Trinajstić information content (AvgIpc) is 2.38. The van der Waals surface area contributed by atoms with Gasteiger partial charge in [0.1, 0.15) is 5.92 Å². The van der Waals surface area contributed by atoms with Gasteiger partial charge in [0.25, 0.3) is 5.91 Å². The number of hydrogen-bond acceptors (Lipinski definition) is 2. The van der Waals surface area contributed by atoms with Crippen LogP contribution in [0.15, 0.2) is 24.3 Å². The van der Waals surface area contributed by atoms with Gasteiger partial charge in [-0.3, -0.25) is 9.59 Å². The highest BCUT2D eigenvalue weighted by molar-refractivity contribution is 6.00. The van der Waals surface area contributed by atoms with E-state index >= 15 is 0 Å². The summed E-state index contributed by atoms with van der Waals surface area (Å²) in [5.41, 5.74) is 0.414. The van der Waals surface area contributed by atoms with Gasteiger partial charge in [-0.1, -0.05) is 32.0 Å². The Balaban J connectivity index is 2.64. The molecule has 0 saturated carbocycles. The van der Waals surface area contributed by atoms with E-state index in [2.05, 4.69) is 5.32 Å². The minimum atomic E-state index is -0.883. The van der Waals surface area contributed by atoms with Crippen LogP contribution >= 0.6 is 0 Å². The minimum Gasteiger partial charge on any atom is -0.481 e. The third-order valence-electron chi connectivity index (χ3n) is 3.94. The number of amides is 1. The molecule has 1 amide bonds. The quantitative estimate of drug-likeness (QED) is 0.860. The Kier molecular flexibility index (Phi) is 3.11. The van der Waals surface area contributed by atoms with E-state index in [1.165, 1.54) is 0 Å². The van der Waals surface area contributed by atoms with Crippen LogP contribution in [0.5, 0.6) is 0 Å². The van der Waals surface area contributed by atoms with Gasteiger partial charge in [-0.2, -0.15) is 0 Å². The summed E-state index contributed by atoms with van der Waals surface area (Å²) in [6.45, 7) is 3.82. The Morgan fingerprint density at radius 2 is 1.94 bits per heavy atom. The average molecular weight is 247 g/mol. The molecule has 4 heteroatoms. The fourth-order valence-electron chi connectivity index (χ4n) is 2.82.